The molecular weight excluding hydrogens is 542 g/mol. The lowest BCUT2D eigenvalue weighted by molar-refractivity contribution is 0.0752. The van der Waals surface area contributed by atoms with Crippen molar-refractivity contribution in [3.05, 3.63) is 83.9 Å². The maximum Gasteiger partial charge on any atom is 0.253 e. The molecule has 4 heteroatoms. The van der Waals surface area contributed by atoms with E-state index in [0.29, 0.717) is 6.61 Å². The number of rotatable bonds is 17. The van der Waals surface area contributed by atoms with Crippen molar-refractivity contribution < 1.29 is 14.3 Å². The summed E-state index contributed by atoms with van der Waals surface area (Å²) in [4.78, 5) is 15.1. The smallest absolute Gasteiger partial charge is 0.253 e. The summed E-state index contributed by atoms with van der Waals surface area (Å²) in [5.41, 5.74) is 4.15. The number of hydrogen-bond donors (Lipinski definition) is 0. The third-order valence-electron chi connectivity index (χ3n) is 8.81. The van der Waals surface area contributed by atoms with E-state index in [9.17, 15) is 4.79 Å². The van der Waals surface area contributed by atoms with Crippen LogP contribution < -0.4 is 9.47 Å². The molecule has 1 heterocycles. The van der Waals surface area contributed by atoms with Gasteiger partial charge >= 0.3 is 0 Å². The Morgan fingerprint density at radius 3 is 1.59 bits per heavy atom. The van der Waals surface area contributed by atoms with Crippen molar-refractivity contribution >= 4 is 5.91 Å². The van der Waals surface area contributed by atoms with Gasteiger partial charge in [-0.15, -0.1) is 0 Å². The summed E-state index contributed by atoms with van der Waals surface area (Å²) in [5, 5.41) is 0. The highest BCUT2D eigenvalue weighted by atomic mass is 16.5. The van der Waals surface area contributed by atoms with Crippen LogP contribution in [0.4, 0.5) is 0 Å². The summed E-state index contributed by atoms with van der Waals surface area (Å²) in [7, 11) is 0. The Hall–Kier alpha value is -3.27. The minimum absolute atomic E-state index is 0.156. The van der Waals surface area contributed by atoms with E-state index in [1.807, 2.05) is 41.3 Å². The number of carbonyl (C=O) groups is 1. The Labute approximate surface area is 267 Å². The van der Waals surface area contributed by atoms with Gasteiger partial charge in [-0.3, -0.25) is 4.79 Å². The molecule has 0 N–H and O–H groups in total. The third-order valence-corrected chi connectivity index (χ3v) is 8.81. The number of amides is 1. The first-order valence-electron chi connectivity index (χ1n) is 17.6. The number of ether oxygens (including phenoxy) is 2. The van der Waals surface area contributed by atoms with Gasteiger partial charge in [0, 0.05) is 18.7 Å². The molecule has 1 aliphatic rings. The first-order valence-corrected chi connectivity index (χ1v) is 17.6. The number of carbonyl (C=O) groups excluding carboxylic acids is 1. The molecule has 0 atom stereocenters. The SMILES string of the molecule is CCCCCCCCCCCCOc1ccc(-c2ccc(OCc3ccc(C(=O)N4CCCCCCCC4)cc3)cc2)cc1. The lowest BCUT2D eigenvalue weighted by atomic mass is 10.1. The molecule has 44 heavy (non-hydrogen) atoms. The topological polar surface area (TPSA) is 38.8 Å². The van der Waals surface area contributed by atoms with Gasteiger partial charge in [-0.05, 0) is 72.4 Å². The highest BCUT2D eigenvalue weighted by molar-refractivity contribution is 5.94. The van der Waals surface area contributed by atoms with E-state index in [1.54, 1.807) is 0 Å². The maximum absolute atomic E-state index is 13.1. The van der Waals surface area contributed by atoms with E-state index >= 15 is 0 Å². The van der Waals surface area contributed by atoms with E-state index in [2.05, 4.69) is 43.3 Å². The molecule has 0 aromatic heterocycles. The molecule has 0 unspecified atom stereocenters. The molecule has 1 aliphatic heterocycles. The van der Waals surface area contributed by atoms with Crippen LogP contribution >= 0.6 is 0 Å². The van der Waals surface area contributed by atoms with E-state index < -0.39 is 0 Å². The molecule has 0 saturated carbocycles. The molecule has 0 bridgehead atoms. The summed E-state index contributed by atoms with van der Waals surface area (Å²) in [6, 6.07) is 24.5. The average Bonchev–Trinajstić information content (AvgIpc) is 3.21. The Morgan fingerprint density at radius 1 is 0.568 bits per heavy atom. The predicted octanol–water partition coefficient (Wildman–Crippen LogP) is 11.0. The minimum atomic E-state index is 0.156. The highest BCUT2D eigenvalue weighted by Crippen LogP contribution is 2.25. The Morgan fingerprint density at radius 2 is 1.05 bits per heavy atom. The van der Waals surface area contributed by atoms with Crippen molar-refractivity contribution in [1.82, 2.24) is 4.90 Å². The van der Waals surface area contributed by atoms with Gasteiger partial charge in [0.1, 0.15) is 18.1 Å². The minimum Gasteiger partial charge on any atom is -0.494 e. The van der Waals surface area contributed by atoms with Crippen LogP contribution in [0.5, 0.6) is 11.5 Å². The van der Waals surface area contributed by atoms with Crippen molar-refractivity contribution in [3.63, 3.8) is 0 Å². The van der Waals surface area contributed by atoms with Crippen LogP contribution in [0.1, 0.15) is 126 Å². The lowest BCUT2D eigenvalue weighted by Gasteiger charge is -2.22. The summed E-state index contributed by atoms with van der Waals surface area (Å²) < 4.78 is 12.0. The van der Waals surface area contributed by atoms with Crippen LogP contribution in [0.2, 0.25) is 0 Å². The van der Waals surface area contributed by atoms with Crippen LogP contribution in [-0.2, 0) is 6.61 Å². The van der Waals surface area contributed by atoms with E-state index in [0.717, 1.165) is 67.1 Å². The molecule has 0 radical (unpaired) electrons. The fraction of sp³-hybridized carbons (Fsp3) is 0.525. The summed E-state index contributed by atoms with van der Waals surface area (Å²) >= 11 is 0. The number of nitrogens with zero attached hydrogens (tertiary/aromatic N) is 1. The van der Waals surface area contributed by atoms with Crippen molar-refractivity contribution in [2.24, 2.45) is 0 Å². The van der Waals surface area contributed by atoms with Gasteiger partial charge in [0.15, 0.2) is 0 Å². The van der Waals surface area contributed by atoms with E-state index in [1.165, 1.54) is 89.0 Å². The average molecular weight is 598 g/mol. The lowest BCUT2D eigenvalue weighted by Crippen LogP contribution is -2.32. The Bertz CT molecular complexity index is 1180. The first kappa shape index (κ1) is 33.6. The Balaban J connectivity index is 1.14. The molecule has 0 spiro atoms. The zero-order valence-corrected chi connectivity index (χ0v) is 27.2. The second-order valence-corrected chi connectivity index (χ2v) is 12.5. The van der Waals surface area contributed by atoms with Gasteiger partial charge in [-0.2, -0.15) is 0 Å². The second kappa shape index (κ2) is 19.9. The van der Waals surface area contributed by atoms with Crippen LogP contribution in [0, 0.1) is 0 Å². The fourth-order valence-electron chi connectivity index (χ4n) is 5.99. The molecule has 1 fully saturated rings. The standard InChI is InChI=1S/C40H55NO3/c1-2-3-4-5-6-7-8-11-14-17-32-43-38-26-22-35(23-27-38)36-24-28-39(29-25-36)44-33-34-18-20-37(21-19-34)40(42)41-30-15-12-9-10-13-16-31-41/h18-29H,2-17,30-33H2,1H3. The van der Waals surface area contributed by atoms with Crippen molar-refractivity contribution in [2.45, 2.75) is 116 Å². The molecule has 4 rings (SSSR count). The van der Waals surface area contributed by atoms with Gasteiger partial charge in [0.2, 0.25) is 0 Å². The molecule has 3 aromatic rings. The van der Waals surface area contributed by atoms with Crippen LogP contribution in [0.3, 0.4) is 0 Å². The van der Waals surface area contributed by atoms with Crippen LogP contribution in [0.25, 0.3) is 11.1 Å². The molecule has 1 amide bonds. The molecule has 238 valence electrons. The largest absolute Gasteiger partial charge is 0.494 e. The maximum atomic E-state index is 13.1. The molecule has 0 aliphatic carbocycles. The van der Waals surface area contributed by atoms with Crippen molar-refractivity contribution in [2.75, 3.05) is 19.7 Å². The summed E-state index contributed by atoms with van der Waals surface area (Å²) in [6.45, 7) is 5.29. The quantitative estimate of drug-likeness (QED) is 0.145. The fourth-order valence-corrected chi connectivity index (χ4v) is 5.99. The molecule has 1 saturated heterocycles. The van der Waals surface area contributed by atoms with Gasteiger partial charge in [-0.1, -0.05) is 127 Å². The summed E-state index contributed by atoms with van der Waals surface area (Å²) in [5.74, 6) is 1.93. The van der Waals surface area contributed by atoms with E-state index in [4.69, 9.17) is 9.47 Å². The first-order chi connectivity index (χ1) is 21.7. The highest BCUT2D eigenvalue weighted by Gasteiger charge is 2.16. The predicted molar refractivity (Wildman–Crippen MR) is 184 cm³/mol. The molecular formula is C40H55NO3. The van der Waals surface area contributed by atoms with Crippen LogP contribution in [0.15, 0.2) is 72.8 Å². The number of unbranched alkanes of at least 4 members (excludes halogenated alkanes) is 9. The van der Waals surface area contributed by atoms with Crippen molar-refractivity contribution in [3.8, 4) is 22.6 Å². The monoisotopic (exact) mass is 597 g/mol. The zero-order chi connectivity index (χ0) is 30.7. The number of hydrogen-bond acceptors (Lipinski definition) is 3. The van der Waals surface area contributed by atoms with Gasteiger partial charge < -0.3 is 14.4 Å². The second-order valence-electron chi connectivity index (χ2n) is 12.5. The van der Waals surface area contributed by atoms with Gasteiger partial charge in [0.25, 0.3) is 5.91 Å². The van der Waals surface area contributed by atoms with Crippen molar-refractivity contribution in [1.29, 1.82) is 0 Å². The number of benzene rings is 3. The normalized spacial score (nSPS) is 14.0. The van der Waals surface area contributed by atoms with Gasteiger partial charge in [-0.25, -0.2) is 0 Å². The Kier molecular flexibility index (Phi) is 15.2. The molecule has 4 nitrogen and oxygen atoms in total. The zero-order valence-electron chi connectivity index (χ0n) is 27.2. The van der Waals surface area contributed by atoms with Crippen LogP contribution in [-0.4, -0.2) is 30.5 Å². The summed E-state index contributed by atoms with van der Waals surface area (Å²) in [6.07, 6.45) is 20.6. The van der Waals surface area contributed by atoms with E-state index in [-0.39, 0.29) is 5.91 Å². The molecule has 3 aromatic carbocycles. The third kappa shape index (κ3) is 12.0. The van der Waals surface area contributed by atoms with Gasteiger partial charge in [0.05, 0.1) is 6.61 Å².